The van der Waals surface area contributed by atoms with Gasteiger partial charge in [-0.1, -0.05) is 42.5 Å². The Morgan fingerprint density at radius 1 is 1.00 bits per heavy atom. The molecular weight excluding hydrogens is 384 g/mol. The van der Waals surface area contributed by atoms with Crippen LogP contribution in [0.5, 0.6) is 0 Å². The summed E-state index contributed by atoms with van der Waals surface area (Å²) in [6.07, 6.45) is 1.36. The maximum Gasteiger partial charge on any atom is 0.335 e. The summed E-state index contributed by atoms with van der Waals surface area (Å²) in [4.78, 5) is 23.3. The molecule has 4 rings (SSSR count). The Labute approximate surface area is 170 Å². The molecule has 0 saturated heterocycles. The van der Waals surface area contributed by atoms with E-state index in [1.807, 2.05) is 30.3 Å². The van der Waals surface area contributed by atoms with Crippen molar-refractivity contribution in [1.82, 2.24) is 15.6 Å². The van der Waals surface area contributed by atoms with Crippen LogP contribution in [-0.2, 0) is 0 Å². The van der Waals surface area contributed by atoms with Crippen molar-refractivity contribution in [3.63, 3.8) is 0 Å². The smallest absolute Gasteiger partial charge is 0.335 e. The van der Waals surface area contributed by atoms with Crippen LogP contribution >= 0.6 is 0 Å². The summed E-state index contributed by atoms with van der Waals surface area (Å²) in [5.74, 6) is -0.559. The SMILES string of the molecule is O=C(O)c1cccc(-c2ccc(C=NNC(=O)c3cc(-c4ccccc4)n[nH]3)o2)c1. The highest BCUT2D eigenvalue weighted by molar-refractivity contribution is 5.94. The minimum Gasteiger partial charge on any atom is -0.478 e. The van der Waals surface area contributed by atoms with E-state index in [4.69, 9.17) is 9.52 Å². The van der Waals surface area contributed by atoms with Crippen molar-refractivity contribution in [3.8, 4) is 22.6 Å². The quantitative estimate of drug-likeness (QED) is 0.336. The van der Waals surface area contributed by atoms with Gasteiger partial charge in [0.25, 0.3) is 5.91 Å². The normalized spacial score (nSPS) is 10.9. The van der Waals surface area contributed by atoms with E-state index < -0.39 is 11.9 Å². The molecule has 2 aromatic heterocycles. The molecule has 0 unspecified atom stereocenters. The zero-order valence-corrected chi connectivity index (χ0v) is 15.6. The third-order valence-electron chi connectivity index (χ3n) is 4.27. The number of hydrogen-bond donors (Lipinski definition) is 3. The second-order valence-corrected chi connectivity index (χ2v) is 6.32. The van der Waals surface area contributed by atoms with Gasteiger partial charge in [-0.2, -0.15) is 10.2 Å². The largest absolute Gasteiger partial charge is 0.478 e. The van der Waals surface area contributed by atoms with Crippen LogP contribution in [0.4, 0.5) is 0 Å². The molecule has 8 nitrogen and oxygen atoms in total. The van der Waals surface area contributed by atoms with Gasteiger partial charge in [0.15, 0.2) is 0 Å². The van der Waals surface area contributed by atoms with Gasteiger partial charge in [-0.05, 0) is 30.3 Å². The first-order valence-electron chi connectivity index (χ1n) is 8.98. The monoisotopic (exact) mass is 400 g/mol. The fourth-order valence-corrected chi connectivity index (χ4v) is 2.79. The molecule has 8 heteroatoms. The second kappa shape index (κ2) is 8.27. The Balaban J connectivity index is 1.41. The van der Waals surface area contributed by atoms with Crippen molar-refractivity contribution >= 4 is 18.1 Å². The first-order valence-corrected chi connectivity index (χ1v) is 8.98. The zero-order chi connectivity index (χ0) is 20.9. The van der Waals surface area contributed by atoms with E-state index in [-0.39, 0.29) is 11.3 Å². The van der Waals surface area contributed by atoms with Gasteiger partial charge in [0.05, 0.1) is 17.5 Å². The number of amides is 1. The molecule has 0 aliphatic carbocycles. The summed E-state index contributed by atoms with van der Waals surface area (Å²) in [5.41, 5.74) is 5.03. The molecule has 0 radical (unpaired) electrons. The molecule has 148 valence electrons. The maximum absolute atomic E-state index is 12.2. The van der Waals surface area contributed by atoms with Gasteiger partial charge in [-0.3, -0.25) is 9.89 Å². The number of aromatic amines is 1. The molecule has 0 saturated carbocycles. The average molecular weight is 400 g/mol. The topological polar surface area (TPSA) is 121 Å². The Morgan fingerprint density at radius 2 is 1.80 bits per heavy atom. The van der Waals surface area contributed by atoms with Crippen LogP contribution in [0.1, 0.15) is 26.6 Å². The number of hydrazone groups is 1. The molecule has 4 aromatic rings. The van der Waals surface area contributed by atoms with Crippen molar-refractivity contribution in [2.75, 3.05) is 0 Å². The van der Waals surface area contributed by atoms with Crippen molar-refractivity contribution < 1.29 is 19.1 Å². The lowest BCUT2D eigenvalue weighted by molar-refractivity contribution is 0.0696. The van der Waals surface area contributed by atoms with Crippen LogP contribution in [0.2, 0.25) is 0 Å². The van der Waals surface area contributed by atoms with Gasteiger partial charge in [-0.15, -0.1) is 0 Å². The van der Waals surface area contributed by atoms with Crippen molar-refractivity contribution in [2.24, 2.45) is 5.10 Å². The summed E-state index contributed by atoms with van der Waals surface area (Å²) >= 11 is 0. The molecule has 1 amide bonds. The number of benzene rings is 2. The summed E-state index contributed by atoms with van der Waals surface area (Å²) in [6.45, 7) is 0. The molecule has 0 atom stereocenters. The van der Waals surface area contributed by atoms with Crippen LogP contribution in [0, 0.1) is 0 Å². The van der Waals surface area contributed by atoms with Gasteiger partial charge >= 0.3 is 5.97 Å². The number of H-pyrrole nitrogens is 1. The van der Waals surface area contributed by atoms with Gasteiger partial charge in [-0.25, -0.2) is 10.2 Å². The molecule has 0 aliphatic rings. The molecule has 0 spiro atoms. The number of nitrogens with zero attached hydrogens (tertiary/aromatic N) is 2. The highest BCUT2D eigenvalue weighted by atomic mass is 16.4. The minimum absolute atomic E-state index is 0.167. The van der Waals surface area contributed by atoms with Gasteiger partial charge in [0.2, 0.25) is 0 Å². The van der Waals surface area contributed by atoms with Crippen LogP contribution in [0.25, 0.3) is 22.6 Å². The van der Waals surface area contributed by atoms with Crippen LogP contribution in [0.15, 0.2) is 82.3 Å². The number of aromatic nitrogens is 2. The van der Waals surface area contributed by atoms with Crippen molar-refractivity contribution in [3.05, 3.63) is 89.8 Å². The Morgan fingerprint density at radius 3 is 2.60 bits per heavy atom. The lowest BCUT2D eigenvalue weighted by Crippen LogP contribution is -2.17. The number of aromatic carboxylic acids is 1. The van der Waals surface area contributed by atoms with Gasteiger partial charge in [0.1, 0.15) is 17.2 Å². The predicted molar refractivity (Wildman–Crippen MR) is 110 cm³/mol. The molecular formula is C22H16N4O4. The van der Waals surface area contributed by atoms with Gasteiger partial charge in [0, 0.05) is 11.1 Å². The first-order chi connectivity index (χ1) is 14.6. The van der Waals surface area contributed by atoms with E-state index in [2.05, 4.69) is 20.7 Å². The standard InChI is InChI=1S/C22H16N4O4/c27-21(19-12-18(24-25-19)14-5-2-1-3-6-14)26-23-13-17-9-10-20(30-17)15-7-4-8-16(11-15)22(28)29/h1-13H,(H,24,25)(H,26,27)(H,28,29). The molecule has 3 N–H and O–H groups in total. The predicted octanol–water partition coefficient (Wildman–Crippen LogP) is 3.80. The summed E-state index contributed by atoms with van der Waals surface area (Å²) in [5, 5.41) is 19.8. The average Bonchev–Trinajstić information content (AvgIpc) is 3.45. The van der Waals surface area contributed by atoms with E-state index in [1.165, 1.54) is 18.3 Å². The van der Waals surface area contributed by atoms with Crippen LogP contribution < -0.4 is 5.43 Å². The van der Waals surface area contributed by atoms with E-state index >= 15 is 0 Å². The highest BCUT2D eigenvalue weighted by Crippen LogP contribution is 2.22. The number of nitrogens with one attached hydrogen (secondary N) is 2. The molecule has 2 heterocycles. The van der Waals surface area contributed by atoms with E-state index in [0.29, 0.717) is 22.8 Å². The van der Waals surface area contributed by atoms with E-state index in [0.717, 1.165) is 5.56 Å². The second-order valence-electron chi connectivity index (χ2n) is 6.32. The number of carboxylic acid groups (broad SMARTS) is 1. The van der Waals surface area contributed by atoms with Gasteiger partial charge < -0.3 is 9.52 Å². The zero-order valence-electron chi connectivity index (χ0n) is 15.6. The number of hydrogen-bond acceptors (Lipinski definition) is 5. The fourth-order valence-electron chi connectivity index (χ4n) is 2.79. The summed E-state index contributed by atoms with van der Waals surface area (Å²) in [6, 6.07) is 20.9. The molecule has 0 aliphatic heterocycles. The van der Waals surface area contributed by atoms with Crippen LogP contribution in [0.3, 0.4) is 0 Å². The lowest BCUT2D eigenvalue weighted by atomic mass is 10.1. The van der Waals surface area contributed by atoms with Crippen LogP contribution in [-0.4, -0.2) is 33.4 Å². The molecule has 0 fully saturated rings. The highest BCUT2D eigenvalue weighted by Gasteiger charge is 2.11. The summed E-state index contributed by atoms with van der Waals surface area (Å²) in [7, 11) is 0. The first kappa shape index (κ1) is 18.9. The third-order valence-corrected chi connectivity index (χ3v) is 4.27. The lowest BCUT2D eigenvalue weighted by Gasteiger charge is -1.99. The molecule has 30 heavy (non-hydrogen) atoms. The Bertz CT molecular complexity index is 1220. The van der Waals surface area contributed by atoms with Crippen molar-refractivity contribution in [2.45, 2.75) is 0 Å². The number of carbonyl (C=O) groups is 2. The fraction of sp³-hybridized carbons (Fsp3) is 0. The third kappa shape index (κ3) is 4.17. The number of furan rings is 1. The Hall–Kier alpha value is -4.46. The minimum atomic E-state index is -1.01. The van der Waals surface area contributed by atoms with Crippen molar-refractivity contribution in [1.29, 1.82) is 0 Å². The molecule has 0 bridgehead atoms. The maximum atomic E-state index is 12.2. The summed E-state index contributed by atoms with van der Waals surface area (Å²) < 4.78 is 5.64. The number of carbonyl (C=O) groups excluding carboxylic acids is 1. The Kier molecular flexibility index (Phi) is 5.21. The van der Waals surface area contributed by atoms with E-state index in [1.54, 1.807) is 30.3 Å². The number of carboxylic acids is 1. The van der Waals surface area contributed by atoms with E-state index in [9.17, 15) is 9.59 Å². The number of rotatable bonds is 6. The molecule has 2 aromatic carbocycles.